The maximum Gasteiger partial charge on any atom is 0.273 e. The molecule has 6 nitrogen and oxygen atoms in total. The van der Waals surface area contributed by atoms with E-state index >= 15 is 0 Å². The van der Waals surface area contributed by atoms with E-state index in [4.69, 9.17) is 0 Å². The smallest absolute Gasteiger partial charge is 0.273 e. The average molecular weight is 516 g/mol. The second kappa shape index (κ2) is 8.68. The maximum absolute atomic E-state index is 12.7. The Bertz CT molecular complexity index is 943. The van der Waals surface area contributed by atoms with Gasteiger partial charge in [0.25, 0.3) is 5.91 Å². The molecule has 9 heteroatoms. The van der Waals surface area contributed by atoms with E-state index < -0.39 is 0 Å². The van der Waals surface area contributed by atoms with Crippen LogP contribution < -0.4 is 5.32 Å². The highest BCUT2D eigenvalue weighted by molar-refractivity contribution is 14.1. The highest BCUT2D eigenvalue weighted by Gasteiger charge is 2.23. The summed E-state index contributed by atoms with van der Waals surface area (Å²) in [5, 5.41) is 10.5. The Morgan fingerprint density at radius 2 is 2.19 bits per heavy atom. The van der Waals surface area contributed by atoms with E-state index in [0.717, 1.165) is 39.5 Å². The van der Waals surface area contributed by atoms with Gasteiger partial charge in [0.05, 0.1) is 11.9 Å². The first-order valence-corrected chi connectivity index (χ1v) is 10.4. The molecule has 2 aromatic heterocycles. The Balaban J connectivity index is 0.00000210. The van der Waals surface area contributed by atoms with Crippen LogP contribution >= 0.6 is 46.3 Å². The minimum absolute atomic E-state index is 0. The number of hydrogen-bond acceptors (Lipinski definition) is 5. The number of hydrogen-bond donors (Lipinski definition) is 1. The van der Waals surface area contributed by atoms with Crippen molar-refractivity contribution in [3.63, 3.8) is 0 Å². The minimum Gasteiger partial charge on any atom is -0.334 e. The van der Waals surface area contributed by atoms with Crippen molar-refractivity contribution in [3.05, 3.63) is 51.3 Å². The summed E-state index contributed by atoms with van der Waals surface area (Å²) in [6.45, 7) is 4.36. The van der Waals surface area contributed by atoms with Crippen LogP contribution in [0.4, 0.5) is 0 Å². The number of piperazine rings is 1. The SMILES string of the molecule is CC1CN(C(=O)c2csc(-c3cnn(-c4ccccc4I)c3)n2)CCN1.Cl. The Morgan fingerprint density at radius 1 is 1.37 bits per heavy atom. The van der Waals surface area contributed by atoms with Gasteiger partial charge < -0.3 is 10.2 Å². The van der Waals surface area contributed by atoms with Gasteiger partial charge in [0, 0.05) is 46.4 Å². The molecule has 1 fully saturated rings. The van der Waals surface area contributed by atoms with Gasteiger partial charge in [-0.1, -0.05) is 12.1 Å². The molecule has 0 saturated carbocycles. The fourth-order valence-corrected chi connectivity index (χ4v) is 4.39. The molecule has 1 atom stereocenters. The summed E-state index contributed by atoms with van der Waals surface area (Å²) in [6, 6.07) is 8.39. The van der Waals surface area contributed by atoms with Gasteiger partial charge in [0.15, 0.2) is 0 Å². The third-order valence-corrected chi connectivity index (χ3v) is 6.11. The molecule has 1 aromatic carbocycles. The average Bonchev–Trinajstić information content (AvgIpc) is 3.31. The molecule has 4 rings (SSSR count). The summed E-state index contributed by atoms with van der Waals surface area (Å²) >= 11 is 3.78. The molecule has 1 amide bonds. The third kappa shape index (κ3) is 4.34. The molecule has 3 heterocycles. The van der Waals surface area contributed by atoms with Crippen LogP contribution in [0.3, 0.4) is 0 Å². The topological polar surface area (TPSA) is 63.1 Å². The number of halogens is 2. The van der Waals surface area contributed by atoms with Crippen molar-refractivity contribution in [3.8, 4) is 16.3 Å². The fraction of sp³-hybridized carbons (Fsp3) is 0.278. The van der Waals surface area contributed by atoms with Crippen LogP contribution in [0.1, 0.15) is 17.4 Å². The number of thiazole rings is 1. The number of aromatic nitrogens is 3. The summed E-state index contributed by atoms with van der Waals surface area (Å²) in [6.07, 6.45) is 3.75. The Labute approximate surface area is 181 Å². The lowest BCUT2D eigenvalue weighted by Crippen LogP contribution is -2.51. The standard InChI is InChI=1S/C18H18IN5OS.ClH/c1-12-9-23(7-6-20-12)18(25)15-11-26-17(22-15)13-8-21-24(10-13)16-5-3-2-4-14(16)19;/h2-5,8,10-12,20H,6-7,9H2,1H3;1H. The van der Waals surface area contributed by atoms with Crippen LogP contribution in [0, 0.1) is 3.57 Å². The number of nitrogens with one attached hydrogen (secondary N) is 1. The Morgan fingerprint density at radius 3 is 2.96 bits per heavy atom. The minimum atomic E-state index is 0. The monoisotopic (exact) mass is 515 g/mol. The van der Waals surface area contributed by atoms with Gasteiger partial charge >= 0.3 is 0 Å². The molecule has 0 radical (unpaired) electrons. The molecule has 3 aromatic rings. The van der Waals surface area contributed by atoms with E-state index in [9.17, 15) is 4.79 Å². The van der Waals surface area contributed by atoms with E-state index in [-0.39, 0.29) is 18.3 Å². The molecule has 1 unspecified atom stereocenters. The lowest BCUT2D eigenvalue weighted by molar-refractivity contribution is 0.0704. The zero-order valence-corrected chi connectivity index (χ0v) is 18.4. The first-order chi connectivity index (χ1) is 12.6. The molecule has 27 heavy (non-hydrogen) atoms. The van der Waals surface area contributed by atoms with E-state index in [0.29, 0.717) is 11.7 Å². The van der Waals surface area contributed by atoms with Gasteiger partial charge in [-0.3, -0.25) is 4.79 Å². The molecular weight excluding hydrogens is 497 g/mol. The van der Waals surface area contributed by atoms with Crippen LogP contribution in [0.5, 0.6) is 0 Å². The van der Waals surface area contributed by atoms with E-state index in [1.807, 2.05) is 45.4 Å². The molecule has 0 aliphatic carbocycles. The largest absolute Gasteiger partial charge is 0.334 e. The molecule has 1 aliphatic rings. The second-order valence-corrected chi connectivity index (χ2v) is 8.29. The van der Waals surface area contributed by atoms with Crippen molar-refractivity contribution >= 4 is 52.2 Å². The van der Waals surface area contributed by atoms with Gasteiger partial charge in [0.1, 0.15) is 10.7 Å². The zero-order chi connectivity index (χ0) is 18.1. The summed E-state index contributed by atoms with van der Waals surface area (Å²) in [7, 11) is 0. The number of rotatable bonds is 3. The number of nitrogens with zero attached hydrogens (tertiary/aromatic N) is 4. The van der Waals surface area contributed by atoms with E-state index in [1.54, 1.807) is 6.20 Å². The number of amides is 1. The summed E-state index contributed by atoms with van der Waals surface area (Å²) in [5.41, 5.74) is 2.46. The van der Waals surface area contributed by atoms with Crippen molar-refractivity contribution in [2.45, 2.75) is 13.0 Å². The van der Waals surface area contributed by atoms with Crippen molar-refractivity contribution in [1.82, 2.24) is 25.0 Å². The summed E-state index contributed by atoms with van der Waals surface area (Å²) < 4.78 is 2.97. The summed E-state index contributed by atoms with van der Waals surface area (Å²) in [5.74, 6) is 0.00542. The van der Waals surface area contributed by atoms with Crippen LogP contribution in [0.25, 0.3) is 16.3 Å². The summed E-state index contributed by atoms with van der Waals surface area (Å²) in [4.78, 5) is 19.1. The number of para-hydroxylation sites is 1. The Hall–Kier alpha value is -1.49. The molecule has 0 spiro atoms. The van der Waals surface area contributed by atoms with Gasteiger partial charge in [-0.2, -0.15) is 5.10 Å². The highest BCUT2D eigenvalue weighted by Crippen LogP contribution is 2.26. The van der Waals surface area contributed by atoms with Gasteiger partial charge in [-0.05, 0) is 41.6 Å². The zero-order valence-electron chi connectivity index (χ0n) is 14.6. The Kier molecular flexibility index (Phi) is 6.51. The van der Waals surface area contributed by atoms with Crippen LogP contribution in [-0.4, -0.2) is 51.2 Å². The van der Waals surface area contributed by atoms with Gasteiger partial charge in [0.2, 0.25) is 0 Å². The second-order valence-electron chi connectivity index (χ2n) is 6.27. The molecule has 1 aliphatic heterocycles. The van der Waals surface area contributed by atoms with Crippen molar-refractivity contribution in [2.24, 2.45) is 0 Å². The van der Waals surface area contributed by atoms with Gasteiger partial charge in [-0.15, -0.1) is 23.7 Å². The lowest BCUT2D eigenvalue weighted by Gasteiger charge is -2.31. The number of carbonyl (C=O) groups is 1. The molecule has 142 valence electrons. The lowest BCUT2D eigenvalue weighted by atomic mass is 10.2. The van der Waals surface area contributed by atoms with Crippen molar-refractivity contribution in [2.75, 3.05) is 19.6 Å². The van der Waals surface area contributed by atoms with Crippen LogP contribution in [0.2, 0.25) is 0 Å². The van der Waals surface area contributed by atoms with Gasteiger partial charge in [-0.25, -0.2) is 9.67 Å². The maximum atomic E-state index is 12.7. The van der Waals surface area contributed by atoms with Crippen LogP contribution in [0.15, 0.2) is 42.0 Å². The van der Waals surface area contributed by atoms with Crippen LogP contribution in [-0.2, 0) is 0 Å². The first-order valence-electron chi connectivity index (χ1n) is 8.40. The molecule has 1 N–H and O–H groups in total. The quantitative estimate of drug-likeness (QED) is 0.543. The van der Waals surface area contributed by atoms with Crippen molar-refractivity contribution in [1.29, 1.82) is 0 Å². The van der Waals surface area contributed by atoms with E-state index in [2.05, 4.69) is 44.9 Å². The molecule has 0 bridgehead atoms. The third-order valence-electron chi connectivity index (χ3n) is 4.31. The molecular formula is C18H19ClIN5OS. The van der Waals surface area contributed by atoms with E-state index in [1.165, 1.54) is 11.3 Å². The fourth-order valence-electron chi connectivity index (χ4n) is 2.99. The predicted molar refractivity (Wildman–Crippen MR) is 118 cm³/mol. The number of carbonyl (C=O) groups excluding carboxylic acids is 1. The number of benzene rings is 1. The molecule has 1 saturated heterocycles. The predicted octanol–water partition coefficient (Wildman–Crippen LogP) is 3.46. The van der Waals surface area contributed by atoms with Crippen molar-refractivity contribution < 1.29 is 4.79 Å². The normalized spacial score (nSPS) is 16.8. The first kappa shape index (κ1) is 20.2. The highest BCUT2D eigenvalue weighted by atomic mass is 127.